The Labute approximate surface area is 160 Å². The second kappa shape index (κ2) is 8.25. The maximum absolute atomic E-state index is 12.7. The Morgan fingerprint density at radius 3 is 2.15 bits per heavy atom. The smallest absolute Gasteiger partial charge is 0.251 e. The van der Waals surface area contributed by atoms with Crippen LogP contribution in [0.15, 0.2) is 48.5 Å². The van der Waals surface area contributed by atoms with Gasteiger partial charge in [0.05, 0.1) is 13.2 Å². The van der Waals surface area contributed by atoms with Crippen molar-refractivity contribution in [2.45, 2.75) is 32.7 Å². The van der Waals surface area contributed by atoms with E-state index in [9.17, 15) is 9.59 Å². The normalized spacial score (nSPS) is 14.5. The molecule has 2 aromatic rings. The monoisotopic (exact) mass is 366 g/mol. The summed E-state index contributed by atoms with van der Waals surface area (Å²) in [6.45, 7) is 4.15. The van der Waals surface area contributed by atoms with Crippen molar-refractivity contribution in [1.29, 1.82) is 0 Å². The van der Waals surface area contributed by atoms with E-state index in [4.69, 9.17) is 4.74 Å². The summed E-state index contributed by atoms with van der Waals surface area (Å²) in [5.74, 6) is 1.11. The number of hydrogen-bond acceptors (Lipinski definition) is 3. The molecule has 1 saturated carbocycles. The van der Waals surface area contributed by atoms with Gasteiger partial charge < -0.3 is 15.4 Å². The van der Waals surface area contributed by atoms with Crippen LogP contribution in [0.3, 0.4) is 0 Å². The predicted molar refractivity (Wildman–Crippen MR) is 106 cm³/mol. The molecular formula is C22H26N2O3. The Morgan fingerprint density at radius 1 is 1.00 bits per heavy atom. The molecule has 0 saturated heterocycles. The summed E-state index contributed by atoms with van der Waals surface area (Å²) in [5.41, 5.74) is 2.32. The van der Waals surface area contributed by atoms with Crippen LogP contribution in [0.25, 0.3) is 0 Å². The molecule has 27 heavy (non-hydrogen) atoms. The lowest BCUT2D eigenvalue weighted by Gasteiger charge is -2.23. The first-order valence-corrected chi connectivity index (χ1v) is 9.33. The first-order valence-electron chi connectivity index (χ1n) is 9.33. The minimum Gasteiger partial charge on any atom is -0.497 e. The maximum Gasteiger partial charge on any atom is 0.251 e. The van der Waals surface area contributed by atoms with Crippen LogP contribution in [0.5, 0.6) is 5.75 Å². The number of carbonyl (C=O) groups excluding carboxylic acids is 2. The summed E-state index contributed by atoms with van der Waals surface area (Å²) >= 11 is 0. The second-order valence-electron chi connectivity index (χ2n) is 7.31. The van der Waals surface area contributed by atoms with Gasteiger partial charge in [-0.2, -0.15) is 0 Å². The van der Waals surface area contributed by atoms with E-state index in [0.29, 0.717) is 5.56 Å². The number of ether oxygens (including phenoxy) is 1. The van der Waals surface area contributed by atoms with Crippen LogP contribution in [0.1, 0.15) is 48.7 Å². The fourth-order valence-electron chi connectivity index (χ4n) is 2.97. The summed E-state index contributed by atoms with van der Waals surface area (Å²) in [6.07, 6.45) is 1.93. The Hall–Kier alpha value is -2.82. The van der Waals surface area contributed by atoms with Crippen LogP contribution in [0.2, 0.25) is 0 Å². The molecule has 1 fully saturated rings. The molecule has 1 aliphatic rings. The van der Waals surface area contributed by atoms with E-state index in [0.717, 1.165) is 29.8 Å². The van der Waals surface area contributed by atoms with Crippen molar-refractivity contribution in [3.8, 4) is 5.75 Å². The van der Waals surface area contributed by atoms with Gasteiger partial charge in [0.1, 0.15) is 5.75 Å². The van der Waals surface area contributed by atoms with E-state index in [1.165, 1.54) is 0 Å². The van der Waals surface area contributed by atoms with Crippen molar-refractivity contribution in [2.75, 3.05) is 12.4 Å². The van der Waals surface area contributed by atoms with Gasteiger partial charge in [-0.3, -0.25) is 9.59 Å². The third-order valence-electron chi connectivity index (χ3n) is 4.79. The number of benzene rings is 2. The van der Waals surface area contributed by atoms with Crippen LogP contribution in [-0.2, 0) is 4.79 Å². The Morgan fingerprint density at radius 2 is 1.63 bits per heavy atom. The average molecular weight is 366 g/mol. The van der Waals surface area contributed by atoms with E-state index in [1.807, 2.05) is 24.3 Å². The standard InChI is InChI=1S/C22H26N2O3/c1-14(2)20(15-8-12-19(27-3)13-9-15)24-22(26)17-6-10-18(11-7-17)23-21(25)16-4-5-16/h6-14,16,20H,4-5H2,1-3H3,(H,23,25)(H,24,26). The molecule has 0 spiro atoms. The highest BCUT2D eigenvalue weighted by molar-refractivity contribution is 5.97. The Bertz CT molecular complexity index is 793. The van der Waals surface area contributed by atoms with Crippen LogP contribution >= 0.6 is 0 Å². The quantitative estimate of drug-likeness (QED) is 0.773. The van der Waals surface area contributed by atoms with Gasteiger partial charge in [0.25, 0.3) is 5.91 Å². The van der Waals surface area contributed by atoms with Crippen LogP contribution in [0.4, 0.5) is 5.69 Å². The first kappa shape index (κ1) is 19.0. The van der Waals surface area contributed by atoms with Crippen molar-refractivity contribution in [3.63, 3.8) is 0 Å². The van der Waals surface area contributed by atoms with Crippen molar-refractivity contribution in [2.24, 2.45) is 11.8 Å². The molecule has 2 amide bonds. The zero-order valence-electron chi connectivity index (χ0n) is 16.0. The molecular weight excluding hydrogens is 340 g/mol. The van der Waals surface area contributed by atoms with Gasteiger partial charge in [0.15, 0.2) is 0 Å². The highest BCUT2D eigenvalue weighted by atomic mass is 16.5. The van der Waals surface area contributed by atoms with E-state index in [1.54, 1.807) is 31.4 Å². The molecule has 1 aliphatic carbocycles. The summed E-state index contributed by atoms with van der Waals surface area (Å²) in [6, 6.07) is 14.7. The lowest BCUT2D eigenvalue weighted by atomic mass is 9.95. The molecule has 0 aliphatic heterocycles. The molecule has 2 N–H and O–H groups in total. The predicted octanol–water partition coefficient (Wildman–Crippen LogP) is 4.17. The van der Waals surface area contributed by atoms with Gasteiger partial charge in [0.2, 0.25) is 5.91 Å². The van der Waals surface area contributed by atoms with Crippen molar-refractivity contribution < 1.29 is 14.3 Å². The summed E-state index contributed by atoms with van der Waals surface area (Å²) in [4.78, 5) is 24.5. The van der Waals surface area contributed by atoms with Crippen molar-refractivity contribution in [3.05, 3.63) is 59.7 Å². The fourth-order valence-corrected chi connectivity index (χ4v) is 2.97. The number of amides is 2. The Balaban J connectivity index is 1.66. The number of methoxy groups -OCH3 is 1. The Kier molecular flexibility index (Phi) is 5.79. The zero-order valence-corrected chi connectivity index (χ0v) is 16.0. The zero-order chi connectivity index (χ0) is 19.4. The molecule has 5 heteroatoms. The molecule has 1 unspecified atom stereocenters. The van der Waals surface area contributed by atoms with Gasteiger partial charge in [-0.25, -0.2) is 0 Å². The van der Waals surface area contributed by atoms with E-state index < -0.39 is 0 Å². The highest BCUT2D eigenvalue weighted by Crippen LogP contribution is 2.30. The largest absolute Gasteiger partial charge is 0.497 e. The van der Waals surface area contributed by atoms with E-state index in [-0.39, 0.29) is 29.7 Å². The lowest BCUT2D eigenvalue weighted by Crippen LogP contribution is -2.31. The maximum atomic E-state index is 12.7. The van der Waals surface area contributed by atoms with E-state index in [2.05, 4.69) is 24.5 Å². The molecule has 5 nitrogen and oxygen atoms in total. The number of hydrogen-bond donors (Lipinski definition) is 2. The molecule has 0 heterocycles. The third kappa shape index (κ3) is 4.88. The lowest BCUT2D eigenvalue weighted by molar-refractivity contribution is -0.117. The molecule has 0 bridgehead atoms. The number of anilines is 1. The minimum atomic E-state index is -0.135. The van der Waals surface area contributed by atoms with Crippen LogP contribution in [-0.4, -0.2) is 18.9 Å². The van der Waals surface area contributed by atoms with Crippen molar-refractivity contribution in [1.82, 2.24) is 5.32 Å². The fraction of sp³-hybridized carbons (Fsp3) is 0.364. The summed E-state index contributed by atoms with van der Waals surface area (Å²) in [5, 5.41) is 5.99. The van der Waals surface area contributed by atoms with E-state index >= 15 is 0 Å². The number of rotatable bonds is 7. The van der Waals surface area contributed by atoms with Gasteiger partial charge in [0, 0.05) is 17.2 Å². The molecule has 0 aromatic heterocycles. The van der Waals surface area contributed by atoms with Crippen molar-refractivity contribution >= 4 is 17.5 Å². The van der Waals surface area contributed by atoms with Gasteiger partial charge in [-0.1, -0.05) is 26.0 Å². The minimum absolute atomic E-state index is 0.0616. The molecule has 2 aromatic carbocycles. The van der Waals surface area contributed by atoms with Crippen LogP contribution < -0.4 is 15.4 Å². The van der Waals surface area contributed by atoms with Gasteiger partial charge >= 0.3 is 0 Å². The summed E-state index contributed by atoms with van der Waals surface area (Å²) in [7, 11) is 1.63. The molecule has 3 rings (SSSR count). The third-order valence-corrected chi connectivity index (χ3v) is 4.79. The molecule has 142 valence electrons. The second-order valence-corrected chi connectivity index (χ2v) is 7.31. The average Bonchev–Trinajstić information content (AvgIpc) is 3.52. The number of carbonyl (C=O) groups is 2. The molecule has 1 atom stereocenters. The first-order chi connectivity index (χ1) is 13.0. The van der Waals surface area contributed by atoms with Crippen LogP contribution in [0, 0.1) is 11.8 Å². The number of nitrogens with one attached hydrogen (secondary N) is 2. The SMILES string of the molecule is COc1ccc(C(NC(=O)c2ccc(NC(=O)C3CC3)cc2)C(C)C)cc1. The van der Waals surface area contributed by atoms with Gasteiger partial charge in [-0.05, 0) is 60.7 Å². The molecule has 0 radical (unpaired) electrons. The summed E-state index contributed by atoms with van der Waals surface area (Å²) < 4.78 is 5.20. The van der Waals surface area contributed by atoms with Gasteiger partial charge in [-0.15, -0.1) is 0 Å². The highest BCUT2D eigenvalue weighted by Gasteiger charge is 2.29. The topological polar surface area (TPSA) is 67.4 Å².